The van der Waals surface area contributed by atoms with Gasteiger partial charge in [0.2, 0.25) is 0 Å². The molecular formula is C9H16N3P. The fourth-order valence-corrected chi connectivity index (χ4v) is 1.27. The molecule has 0 aromatic rings. The highest BCUT2D eigenvalue weighted by atomic mass is 31.1. The predicted molar refractivity (Wildman–Crippen MR) is 59.0 cm³/mol. The Bertz CT molecular complexity index is 217. The molecule has 2 atom stereocenters. The minimum Gasteiger partial charge on any atom is -0.296 e. The van der Waals surface area contributed by atoms with E-state index in [4.69, 9.17) is 5.26 Å². The van der Waals surface area contributed by atoms with Crippen LogP contribution in [0.25, 0.3) is 0 Å². The monoisotopic (exact) mass is 197 g/mol. The molecule has 2 unspecified atom stereocenters. The molecule has 3 nitrogen and oxygen atoms in total. The summed E-state index contributed by atoms with van der Waals surface area (Å²) in [7, 11) is 2.29. The standard InChI is InChI=1S/C9H16N3P/c1-4-5-9(6-10)7-12-8(2)13-11-3/h7,9,11,13H,2,4-5H2,1,3H3/b12-7-. The van der Waals surface area contributed by atoms with Crippen molar-refractivity contribution in [2.75, 3.05) is 7.05 Å². The van der Waals surface area contributed by atoms with E-state index in [1.54, 1.807) is 6.21 Å². The van der Waals surface area contributed by atoms with Crippen LogP contribution in [0.3, 0.4) is 0 Å². The number of nitriles is 1. The number of rotatable bonds is 6. The smallest absolute Gasteiger partial charge is 0.0815 e. The molecule has 0 aliphatic rings. The maximum atomic E-state index is 8.72. The largest absolute Gasteiger partial charge is 0.296 e. The molecule has 0 rings (SSSR count). The first kappa shape index (κ1) is 12.3. The van der Waals surface area contributed by atoms with Crippen LogP contribution in [0, 0.1) is 17.2 Å². The van der Waals surface area contributed by atoms with Crippen molar-refractivity contribution < 1.29 is 0 Å². The van der Waals surface area contributed by atoms with Gasteiger partial charge in [0.1, 0.15) is 0 Å². The summed E-state index contributed by atoms with van der Waals surface area (Å²) in [5.74, 6) is -0.0663. The van der Waals surface area contributed by atoms with E-state index in [9.17, 15) is 0 Å². The summed E-state index contributed by atoms with van der Waals surface area (Å²) >= 11 is 0. The Morgan fingerprint density at radius 2 is 2.54 bits per heavy atom. The van der Waals surface area contributed by atoms with Crippen molar-refractivity contribution in [3.8, 4) is 6.07 Å². The lowest BCUT2D eigenvalue weighted by atomic mass is 10.1. The van der Waals surface area contributed by atoms with Crippen LogP contribution in [0.2, 0.25) is 0 Å². The molecule has 0 saturated heterocycles. The van der Waals surface area contributed by atoms with Crippen LogP contribution in [-0.2, 0) is 0 Å². The van der Waals surface area contributed by atoms with Gasteiger partial charge in [0, 0.05) is 6.21 Å². The SMILES string of the molecule is C=C(/N=C\C(C#N)CCC)PNC. The molecule has 72 valence electrons. The third-order valence-electron chi connectivity index (χ3n) is 1.45. The molecule has 0 aliphatic heterocycles. The lowest BCUT2D eigenvalue weighted by molar-refractivity contribution is 0.741. The molecule has 0 aromatic carbocycles. The minimum atomic E-state index is -0.0663. The van der Waals surface area contributed by atoms with Gasteiger partial charge in [-0.3, -0.25) is 10.1 Å². The molecule has 4 heteroatoms. The molecule has 0 bridgehead atoms. The second-order valence-corrected chi connectivity index (χ2v) is 3.95. The Hall–Kier alpha value is -0.710. The number of aliphatic imine (C=N–C) groups is 1. The van der Waals surface area contributed by atoms with Crippen molar-refractivity contribution >= 4 is 14.9 Å². The summed E-state index contributed by atoms with van der Waals surface area (Å²) < 4.78 is 0. The minimum absolute atomic E-state index is 0.0663. The third-order valence-corrected chi connectivity index (χ3v) is 2.11. The Morgan fingerprint density at radius 1 is 1.85 bits per heavy atom. The van der Waals surface area contributed by atoms with Gasteiger partial charge in [-0.1, -0.05) is 19.9 Å². The molecule has 0 aromatic heterocycles. The maximum absolute atomic E-state index is 8.72. The van der Waals surface area contributed by atoms with E-state index in [2.05, 4.69) is 29.7 Å². The Labute approximate surface area is 81.8 Å². The van der Waals surface area contributed by atoms with Crippen molar-refractivity contribution in [2.45, 2.75) is 19.8 Å². The van der Waals surface area contributed by atoms with Crippen LogP contribution in [0.4, 0.5) is 0 Å². The number of hydrogen-bond donors (Lipinski definition) is 1. The highest BCUT2D eigenvalue weighted by Gasteiger charge is 2.00. The van der Waals surface area contributed by atoms with E-state index in [0.717, 1.165) is 18.3 Å². The van der Waals surface area contributed by atoms with Crippen molar-refractivity contribution in [2.24, 2.45) is 10.9 Å². The van der Waals surface area contributed by atoms with Gasteiger partial charge in [0.15, 0.2) is 0 Å². The predicted octanol–water partition coefficient (Wildman–Crippen LogP) is 2.28. The molecule has 0 spiro atoms. The highest BCUT2D eigenvalue weighted by molar-refractivity contribution is 7.40. The van der Waals surface area contributed by atoms with Gasteiger partial charge in [-0.25, -0.2) is 0 Å². The number of nitrogens with zero attached hydrogens (tertiary/aromatic N) is 2. The summed E-state index contributed by atoms with van der Waals surface area (Å²) in [5, 5.41) is 11.7. The topological polar surface area (TPSA) is 48.2 Å². The van der Waals surface area contributed by atoms with Crippen LogP contribution in [0.15, 0.2) is 17.0 Å². The fraction of sp³-hybridized carbons (Fsp3) is 0.556. The fourth-order valence-electron chi connectivity index (χ4n) is 0.840. The molecule has 0 radical (unpaired) electrons. The van der Waals surface area contributed by atoms with Crippen molar-refractivity contribution in [3.05, 3.63) is 12.0 Å². The van der Waals surface area contributed by atoms with E-state index in [-0.39, 0.29) is 5.92 Å². The van der Waals surface area contributed by atoms with Gasteiger partial charge < -0.3 is 0 Å². The molecule has 0 amide bonds. The molecule has 0 heterocycles. The van der Waals surface area contributed by atoms with Gasteiger partial charge in [0.05, 0.1) is 17.4 Å². The normalized spacial score (nSPS) is 13.6. The van der Waals surface area contributed by atoms with E-state index in [1.807, 2.05) is 7.05 Å². The first-order valence-corrected chi connectivity index (χ1v) is 5.30. The van der Waals surface area contributed by atoms with Crippen LogP contribution in [0.1, 0.15) is 19.8 Å². The van der Waals surface area contributed by atoms with Crippen LogP contribution in [0.5, 0.6) is 0 Å². The zero-order valence-corrected chi connectivity index (χ0v) is 9.17. The van der Waals surface area contributed by atoms with Crippen LogP contribution < -0.4 is 5.09 Å². The molecule has 1 N–H and O–H groups in total. The van der Waals surface area contributed by atoms with E-state index < -0.39 is 0 Å². The van der Waals surface area contributed by atoms with Gasteiger partial charge in [-0.2, -0.15) is 5.26 Å². The molecule has 13 heavy (non-hydrogen) atoms. The van der Waals surface area contributed by atoms with Gasteiger partial charge >= 0.3 is 0 Å². The number of hydrogen-bond acceptors (Lipinski definition) is 3. The van der Waals surface area contributed by atoms with Gasteiger partial charge in [-0.15, -0.1) is 0 Å². The van der Waals surface area contributed by atoms with Crippen LogP contribution >= 0.6 is 8.73 Å². The lowest BCUT2D eigenvalue weighted by Gasteiger charge is -2.00. The summed E-state index contributed by atoms with van der Waals surface area (Å²) in [6, 6.07) is 2.19. The Balaban J connectivity index is 3.93. The Morgan fingerprint density at radius 3 is 3.00 bits per heavy atom. The van der Waals surface area contributed by atoms with Crippen LogP contribution in [-0.4, -0.2) is 13.3 Å². The third kappa shape index (κ3) is 6.45. The second-order valence-electron chi connectivity index (χ2n) is 2.62. The second kappa shape index (κ2) is 7.91. The van der Waals surface area contributed by atoms with Crippen molar-refractivity contribution in [1.82, 2.24) is 5.09 Å². The summed E-state index contributed by atoms with van der Waals surface area (Å²) in [6.45, 7) is 5.81. The number of nitrogens with one attached hydrogen (secondary N) is 1. The summed E-state index contributed by atoms with van der Waals surface area (Å²) in [4.78, 5) is 4.11. The van der Waals surface area contributed by atoms with E-state index in [1.165, 1.54) is 0 Å². The summed E-state index contributed by atoms with van der Waals surface area (Å²) in [6.07, 6.45) is 3.57. The first-order valence-electron chi connectivity index (χ1n) is 4.30. The first-order chi connectivity index (χ1) is 6.24. The molecule has 0 aliphatic carbocycles. The zero-order chi connectivity index (χ0) is 10.1. The molecule has 0 fully saturated rings. The lowest BCUT2D eigenvalue weighted by Crippen LogP contribution is -1.97. The van der Waals surface area contributed by atoms with Crippen molar-refractivity contribution in [3.63, 3.8) is 0 Å². The van der Waals surface area contributed by atoms with Crippen molar-refractivity contribution in [1.29, 1.82) is 5.26 Å². The maximum Gasteiger partial charge on any atom is 0.0815 e. The molecule has 0 saturated carbocycles. The highest BCUT2D eigenvalue weighted by Crippen LogP contribution is 2.16. The zero-order valence-electron chi connectivity index (χ0n) is 8.17. The van der Waals surface area contributed by atoms with Gasteiger partial charge in [-0.05, 0) is 22.2 Å². The average Bonchev–Trinajstić information content (AvgIpc) is 2.12. The van der Waals surface area contributed by atoms with E-state index in [0.29, 0.717) is 8.73 Å². The van der Waals surface area contributed by atoms with Gasteiger partial charge in [0.25, 0.3) is 0 Å². The summed E-state index contributed by atoms with van der Waals surface area (Å²) in [5.41, 5.74) is 0.791. The quantitative estimate of drug-likeness (QED) is 0.524. The Kier molecular flexibility index (Phi) is 7.48. The molecular weight excluding hydrogens is 181 g/mol. The average molecular weight is 197 g/mol. The van der Waals surface area contributed by atoms with E-state index >= 15 is 0 Å².